The number of hydrogen-bond acceptors (Lipinski definition) is 8. The van der Waals surface area contributed by atoms with Crippen LogP contribution in [0, 0.1) is 0 Å². The van der Waals surface area contributed by atoms with Gasteiger partial charge in [-0.15, -0.1) is 0 Å². The summed E-state index contributed by atoms with van der Waals surface area (Å²) in [5.74, 6) is 0.0196. The number of fused-ring (bicyclic) bond motifs is 1. The summed E-state index contributed by atoms with van der Waals surface area (Å²) in [5, 5.41) is 0. The van der Waals surface area contributed by atoms with Gasteiger partial charge in [-0.05, 0) is 25.5 Å². The van der Waals surface area contributed by atoms with Crippen molar-refractivity contribution in [1.29, 1.82) is 0 Å². The Kier molecular flexibility index (Phi) is 8.81. The average Bonchev–Trinajstić information content (AvgIpc) is 3.04. The predicted octanol–water partition coefficient (Wildman–Crippen LogP) is -7.91. The number of nitrogens with one attached hydrogen (secondary N) is 1. The normalized spacial score (nSPS) is 18.1. The van der Waals surface area contributed by atoms with Crippen molar-refractivity contribution in [1.82, 2.24) is 24.4 Å². The monoisotopic (exact) mass is 386 g/mol. The fourth-order valence-corrected chi connectivity index (χ4v) is 3.48. The van der Waals surface area contributed by atoms with Crippen molar-refractivity contribution in [3.8, 4) is 0 Å². The van der Waals surface area contributed by atoms with Gasteiger partial charge in [0.1, 0.15) is 0 Å². The molecular weight excluding hydrogens is 369 g/mol. The Morgan fingerprint density at radius 1 is 1.40 bits per heavy atom. The quantitative estimate of drug-likeness (QED) is 0.379. The number of nitrogen functional groups attached to an aromatic ring is 1. The van der Waals surface area contributed by atoms with Gasteiger partial charge in [-0.2, -0.15) is 4.98 Å². The van der Waals surface area contributed by atoms with Crippen LogP contribution in [0.25, 0.3) is 11.2 Å². The first-order chi connectivity index (χ1) is 10.8. The molecule has 2 aromatic rings. The van der Waals surface area contributed by atoms with Gasteiger partial charge in [-0.3, -0.25) is 14.7 Å². The number of anilines is 1. The minimum absolute atomic E-state index is 0. The molecule has 3 N–H and O–H groups in total. The van der Waals surface area contributed by atoms with Gasteiger partial charge in [0.15, 0.2) is 11.2 Å². The first-order valence-electron chi connectivity index (χ1n) is 7.29. The molecule has 0 amide bonds. The van der Waals surface area contributed by atoms with E-state index in [2.05, 4.69) is 15.0 Å². The van der Waals surface area contributed by atoms with Crippen LogP contribution in [-0.2, 0) is 11.1 Å². The summed E-state index contributed by atoms with van der Waals surface area (Å²) in [6.45, 7) is 1.47. The Balaban J connectivity index is 0.00000156. The molecule has 0 aliphatic carbocycles. The molecule has 0 saturated carbocycles. The van der Waals surface area contributed by atoms with Crippen LogP contribution < -0.4 is 80.2 Å². The van der Waals surface area contributed by atoms with E-state index in [1.807, 2.05) is 4.90 Å². The number of hydrogen-bond donors (Lipinski definition) is 2. The zero-order chi connectivity index (χ0) is 16.6. The van der Waals surface area contributed by atoms with Gasteiger partial charge in [0.05, 0.1) is 6.33 Å². The van der Waals surface area contributed by atoms with Gasteiger partial charge >= 0.3 is 59.1 Å². The molecule has 0 unspecified atom stereocenters. The smallest absolute Gasteiger partial charge is 0.811 e. The van der Waals surface area contributed by atoms with Crippen molar-refractivity contribution in [2.24, 2.45) is 0 Å². The van der Waals surface area contributed by atoms with E-state index in [4.69, 9.17) is 5.73 Å². The molecule has 3 heterocycles. The van der Waals surface area contributed by atoms with Crippen LogP contribution in [0.1, 0.15) is 12.8 Å². The van der Waals surface area contributed by atoms with Gasteiger partial charge in [0, 0.05) is 19.1 Å². The van der Waals surface area contributed by atoms with Gasteiger partial charge in [-0.25, -0.2) is 4.98 Å². The van der Waals surface area contributed by atoms with Crippen molar-refractivity contribution in [3.05, 3.63) is 16.7 Å². The molecule has 13 heteroatoms. The SMILES string of the molecule is Nc1nc2c(ncn2C[C@H]2CCCN2CCP(=O)([O-])[O-])c(=O)[nH]1.[Na+].[Na+]. The Morgan fingerprint density at radius 2 is 2.12 bits per heavy atom. The van der Waals surface area contributed by atoms with Crippen molar-refractivity contribution in [3.63, 3.8) is 0 Å². The molecular formula is C12H17N6Na2O4P. The van der Waals surface area contributed by atoms with Gasteiger partial charge in [-0.1, -0.05) is 7.60 Å². The van der Waals surface area contributed by atoms with E-state index in [-0.39, 0.29) is 89.3 Å². The molecule has 1 aliphatic rings. The number of nitrogens with zero attached hydrogens (tertiary/aromatic N) is 4. The third kappa shape index (κ3) is 5.87. The summed E-state index contributed by atoms with van der Waals surface area (Å²) in [4.78, 5) is 45.9. The summed E-state index contributed by atoms with van der Waals surface area (Å²) in [6, 6.07) is 0.0706. The van der Waals surface area contributed by atoms with E-state index in [9.17, 15) is 19.1 Å². The maximum Gasteiger partial charge on any atom is 1.00 e. The minimum Gasteiger partial charge on any atom is -0.811 e. The van der Waals surface area contributed by atoms with E-state index < -0.39 is 13.2 Å². The molecule has 3 rings (SSSR count). The van der Waals surface area contributed by atoms with E-state index in [0.29, 0.717) is 12.2 Å². The second-order valence-electron chi connectivity index (χ2n) is 5.69. The molecule has 1 atom stereocenters. The first kappa shape index (κ1) is 23.3. The third-order valence-electron chi connectivity index (χ3n) is 4.06. The zero-order valence-electron chi connectivity index (χ0n) is 14.3. The number of rotatable bonds is 5. The second kappa shape index (κ2) is 9.45. The van der Waals surface area contributed by atoms with Crippen molar-refractivity contribution >= 4 is 24.7 Å². The first-order valence-corrected chi connectivity index (χ1v) is 9.02. The van der Waals surface area contributed by atoms with Gasteiger partial charge in [0.25, 0.3) is 5.56 Å². The number of likely N-dealkylation sites (tertiary alicyclic amines) is 1. The summed E-state index contributed by atoms with van der Waals surface area (Å²) in [7, 11) is -4.50. The molecule has 1 fully saturated rings. The molecule has 0 bridgehead atoms. The average molecular weight is 386 g/mol. The molecule has 0 spiro atoms. The molecule has 0 radical (unpaired) electrons. The van der Waals surface area contributed by atoms with E-state index >= 15 is 0 Å². The van der Waals surface area contributed by atoms with Crippen LogP contribution in [0.4, 0.5) is 5.95 Å². The van der Waals surface area contributed by atoms with Crippen molar-refractivity contribution < 1.29 is 73.5 Å². The van der Waals surface area contributed by atoms with Crippen molar-refractivity contribution in [2.45, 2.75) is 25.4 Å². The van der Waals surface area contributed by atoms with Crippen LogP contribution in [0.3, 0.4) is 0 Å². The molecule has 0 aromatic carbocycles. The molecule has 126 valence electrons. The second-order valence-corrected chi connectivity index (χ2v) is 7.36. The van der Waals surface area contributed by atoms with Crippen LogP contribution in [-0.4, -0.2) is 49.7 Å². The largest absolute Gasteiger partial charge is 1.00 e. The minimum atomic E-state index is -4.50. The number of imidazole rings is 1. The fraction of sp³-hybridized carbons (Fsp3) is 0.583. The number of aromatic nitrogens is 4. The molecule has 10 nitrogen and oxygen atoms in total. The summed E-state index contributed by atoms with van der Waals surface area (Å²) < 4.78 is 12.6. The van der Waals surface area contributed by atoms with Crippen LogP contribution >= 0.6 is 7.60 Å². The predicted molar refractivity (Wildman–Crippen MR) is 79.6 cm³/mol. The number of nitrogens with two attached hydrogens (primary N) is 1. The van der Waals surface area contributed by atoms with Crippen molar-refractivity contribution in [2.75, 3.05) is 25.0 Å². The molecule has 25 heavy (non-hydrogen) atoms. The summed E-state index contributed by atoms with van der Waals surface area (Å²) in [5.41, 5.74) is 5.78. The van der Waals surface area contributed by atoms with E-state index in [1.54, 1.807) is 4.57 Å². The summed E-state index contributed by atoms with van der Waals surface area (Å²) >= 11 is 0. The molecule has 2 aromatic heterocycles. The number of H-pyrrole nitrogens is 1. The van der Waals surface area contributed by atoms with E-state index in [0.717, 1.165) is 19.4 Å². The Hall–Kier alpha value is 0.260. The Labute approximate surface area is 188 Å². The van der Waals surface area contributed by atoms with Crippen LogP contribution in [0.5, 0.6) is 0 Å². The van der Waals surface area contributed by atoms with Crippen LogP contribution in [0.2, 0.25) is 0 Å². The van der Waals surface area contributed by atoms with Crippen LogP contribution in [0.15, 0.2) is 11.1 Å². The maximum absolute atomic E-state index is 11.8. The Morgan fingerprint density at radius 3 is 2.80 bits per heavy atom. The summed E-state index contributed by atoms with van der Waals surface area (Å²) in [6.07, 6.45) is 2.95. The Bertz CT molecular complexity index is 822. The topological polar surface area (TPSA) is 156 Å². The molecule has 1 aliphatic heterocycles. The molecule has 1 saturated heterocycles. The standard InChI is InChI=1S/C12H19N6O4P.2Na/c13-12-15-10-9(11(19)16-12)14-7-18(10)6-8-2-1-3-17(8)4-5-23(20,21)22;;/h7-8H,1-6H2,(H2,20,21,22)(H3,13,15,16,19);;/q;2*+1/p-2/t8-;;/m1../s1. The van der Waals surface area contributed by atoms with Gasteiger partial charge in [0.2, 0.25) is 5.95 Å². The fourth-order valence-electron chi connectivity index (χ4n) is 2.98. The number of aromatic amines is 1. The maximum atomic E-state index is 11.8. The zero-order valence-corrected chi connectivity index (χ0v) is 19.2. The van der Waals surface area contributed by atoms with Gasteiger partial charge < -0.3 is 24.7 Å². The third-order valence-corrected chi connectivity index (χ3v) is 4.81. The van der Waals surface area contributed by atoms with E-state index in [1.165, 1.54) is 6.33 Å².